The van der Waals surface area contributed by atoms with Gasteiger partial charge < -0.3 is 15.4 Å². The summed E-state index contributed by atoms with van der Waals surface area (Å²) in [5, 5.41) is 16.0. The molecule has 0 bridgehead atoms. The Kier molecular flexibility index (Phi) is 4.46. The number of rotatable bonds is 4. The van der Waals surface area contributed by atoms with E-state index in [1.165, 1.54) is 0 Å². The molecule has 0 aliphatic carbocycles. The Morgan fingerprint density at radius 1 is 1.14 bits per heavy atom. The molecule has 1 saturated heterocycles. The molecule has 3 N–H and O–H groups in total. The number of fused-ring (bicyclic) bond motifs is 2. The fraction of sp³-hybridized carbons (Fsp3) is 0.250. The maximum Gasteiger partial charge on any atom is 0.227 e. The van der Waals surface area contributed by atoms with E-state index in [0.717, 1.165) is 59.2 Å². The van der Waals surface area contributed by atoms with Crippen LogP contribution < -0.4 is 15.4 Å². The van der Waals surface area contributed by atoms with E-state index >= 15 is 0 Å². The van der Waals surface area contributed by atoms with Crippen LogP contribution in [0.3, 0.4) is 0 Å². The van der Waals surface area contributed by atoms with Crippen LogP contribution in [-0.2, 0) is 0 Å². The number of hydrogen-bond acceptors (Lipinski definition) is 6. The molecule has 0 spiro atoms. The second-order valence-corrected chi connectivity index (χ2v) is 7.28. The van der Waals surface area contributed by atoms with Crippen molar-refractivity contribution in [2.75, 3.05) is 18.4 Å². The highest BCUT2D eigenvalue weighted by molar-refractivity contribution is 6.35. The van der Waals surface area contributed by atoms with E-state index in [2.05, 4.69) is 25.8 Å². The van der Waals surface area contributed by atoms with Gasteiger partial charge in [0.15, 0.2) is 0 Å². The van der Waals surface area contributed by atoms with Gasteiger partial charge >= 0.3 is 0 Å². The van der Waals surface area contributed by atoms with Gasteiger partial charge in [0.25, 0.3) is 0 Å². The van der Waals surface area contributed by atoms with E-state index in [9.17, 15) is 0 Å². The Bertz CT molecular complexity index is 1140. The van der Waals surface area contributed by atoms with Crippen LogP contribution in [0.2, 0.25) is 5.02 Å². The molecule has 1 fully saturated rings. The van der Waals surface area contributed by atoms with Crippen molar-refractivity contribution in [1.82, 2.24) is 25.5 Å². The van der Waals surface area contributed by atoms with Crippen LogP contribution in [-0.4, -0.2) is 39.4 Å². The number of para-hydroxylation sites is 1. The number of halogens is 1. The highest BCUT2D eigenvalue weighted by Crippen LogP contribution is 2.30. The molecule has 5 rings (SSSR count). The number of hydrogen-bond donors (Lipinski definition) is 3. The maximum atomic E-state index is 6.33. The molecule has 1 aliphatic heterocycles. The van der Waals surface area contributed by atoms with Gasteiger partial charge in [-0.25, -0.2) is 9.97 Å². The topological polar surface area (TPSA) is 87.8 Å². The highest BCUT2D eigenvalue weighted by Gasteiger charge is 2.16. The summed E-state index contributed by atoms with van der Waals surface area (Å²) in [4.78, 5) is 9.13. The molecule has 0 unspecified atom stereocenters. The normalized spacial score (nSPS) is 15.2. The highest BCUT2D eigenvalue weighted by atomic mass is 35.5. The van der Waals surface area contributed by atoms with Gasteiger partial charge in [-0.3, -0.25) is 5.10 Å². The van der Waals surface area contributed by atoms with Crippen LogP contribution >= 0.6 is 11.6 Å². The molecule has 0 saturated carbocycles. The minimum Gasteiger partial charge on any atom is -0.488 e. The van der Waals surface area contributed by atoms with Crippen molar-refractivity contribution in [1.29, 1.82) is 0 Å². The molecular weight excluding hydrogens is 376 g/mol. The lowest BCUT2D eigenvalue weighted by atomic mass is 10.1. The molecular formula is C20H19ClN6O. The monoisotopic (exact) mass is 394 g/mol. The van der Waals surface area contributed by atoms with Gasteiger partial charge in [-0.15, -0.1) is 0 Å². The lowest BCUT2D eigenvalue weighted by Gasteiger charge is -2.24. The van der Waals surface area contributed by atoms with Crippen LogP contribution in [0.15, 0.2) is 42.7 Å². The minimum atomic E-state index is 0.208. The number of benzene rings is 2. The van der Waals surface area contributed by atoms with E-state index in [-0.39, 0.29) is 6.10 Å². The number of nitrogens with zero attached hydrogens (tertiary/aromatic N) is 3. The van der Waals surface area contributed by atoms with Crippen molar-refractivity contribution in [2.24, 2.45) is 0 Å². The van der Waals surface area contributed by atoms with Gasteiger partial charge in [0.05, 0.1) is 16.7 Å². The van der Waals surface area contributed by atoms with Crippen LogP contribution in [0.4, 0.5) is 11.6 Å². The van der Waals surface area contributed by atoms with Gasteiger partial charge in [0.1, 0.15) is 17.4 Å². The zero-order valence-corrected chi connectivity index (χ0v) is 15.8. The molecule has 0 radical (unpaired) electrons. The predicted octanol–water partition coefficient (Wildman–Crippen LogP) is 4.03. The minimum absolute atomic E-state index is 0.208. The number of aromatic amines is 1. The van der Waals surface area contributed by atoms with Gasteiger partial charge in [-0.2, -0.15) is 5.10 Å². The summed E-state index contributed by atoms with van der Waals surface area (Å²) in [7, 11) is 0. The Labute approximate surface area is 166 Å². The summed E-state index contributed by atoms with van der Waals surface area (Å²) in [5.41, 5.74) is 2.44. The fourth-order valence-electron chi connectivity index (χ4n) is 3.49. The lowest BCUT2D eigenvalue weighted by Crippen LogP contribution is -2.34. The Morgan fingerprint density at radius 2 is 2.04 bits per heavy atom. The first-order valence-electron chi connectivity index (χ1n) is 9.29. The van der Waals surface area contributed by atoms with Gasteiger partial charge in [0, 0.05) is 22.7 Å². The van der Waals surface area contributed by atoms with Gasteiger partial charge in [-0.1, -0.05) is 23.7 Å². The quantitative estimate of drug-likeness (QED) is 0.484. The van der Waals surface area contributed by atoms with Crippen molar-refractivity contribution in [3.63, 3.8) is 0 Å². The zero-order chi connectivity index (χ0) is 18.9. The summed E-state index contributed by atoms with van der Waals surface area (Å²) in [6, 6.07) is 9.70. The first-order valence-corrected chi connectivity index (χ1v) is 9.67. The fourth-order valence-corrected chi connectivity index (χ4v) is 3.75. The summed E-state index contributed by atoms with van der Waals surface area (Å²) in [5.74, 6) is 1.28. The first kappa shape index (κ1) is 17.2. The summed E-state index contributed by atoms with van der Waals surface area (Å²) in [6.07, 6.45) is 5.71. The maximum absolute atomic E-state index is 6.33. The number of H-pyrrole nitrogens is 1. The Balaban J connectivity index is 1.46. The third-order valence-electron chi connectivity index (χ3n) is 4.92. The van der Waals surface area contributed by atoms with E-state index in [1.54, 1.807) is 12.4 Å². The standard InChI is InChI=1S/C20H19ClN6O/c21-16-8-13(9-17-15(16)11-24-27-17)25-20-23-10-12-2-1-3-18(19(12)26-20)28-14-4-6-22-7-5-14/h1-3,8-11,14,22H,4-7H2,(H,24,27)(H,23,25,26). The smallest absolute Gasteiger partial charge is 0.227 e. The molecule has 0 atom stereocenters. The number of nitrogens with one attached hydrogen (secondary N) is 3. The average Bonchev–Trinajstić information content (AvgIpc) is 3.18. The molecule has 2 aromatic heterocycles. The van der Waals surface area contributed by atoms with Crippen LogP contribution in [0.25, 0.3) is 21.8 Å². The van der Waals surface area contributed by atoms with Gasteiger partial charge in [0.2, 0.25) is 5.95 Å². The first-order chi connectivity index (χ1) is 13.8. The van der Waals surface area contributed by atoms with E-state index in [0.29, 0.717) is 11.0 Å². The second-order valence-electron chi connectivity index (χ2n) is 6.87. The number of ether oxygens (including phenoxy) is 1. The van der Waals surface area contributed by atoms with Crippen molar-refractivity contribution in [3.05, 3.63) is 47.7 Å². The Hall–Kier alpha value is -2.90. The van der Waals surface area contributed by atoms with Crippen LogP contribution in [0, 0.1) is 0 Å². The van der Waals surface area contributed by atoms with E-state index < -0.39 is 0 Å². The average molecular weight is 395 g/mol. The van der Waals surface area contributed by atoms with Crippen molar-refractivity contribution >= 4 is 45.0 Å². The van der Waals surface area contributed by atoms with E-state index in [4.69, 9.17) is 21.3 Å². The molecule has 8 heteroatoms. The zero-order valence-electron chi connectivity index (χ0n) is 15.1. The molecule has 142 valence electrons. The van der Waals surface area contributed by atoms with Crippen LogP contribution in [0.1, 0.15) is 12.8 Å². The SMILES string of the molecule is Clc1cc(Nc2ncc3cccc(OC4CCNCC4)c3n2)cc2[nH]ncc12. The van der Waals surface area contributed by atoms with E-state index in [1.807, 2.05) is 30.3 Å². The molecule has 0 amide bonds. The third kappa shape index (κ3) is 3.34. The summed E-state index contributed by atoms with van der Waals surface area (Å²) < 4.78 is 6.25. The largest absolute Gasteiger partial charge is 0.488 e. The van der Waals surface area contributed by atoms with Crippen molar-refractivity contribution < 1.29 is 4.74 Å². The molecule has 3 heterocycles. The molecule has 7 nitrogen and oxygen atoms in total. The van der Waals surface area contributed by atoms with Crippen molar-refractivity contribution in [3.8, 4) is 5.75 Å². The predicted molar refractivity (Wildman–Crippen MR) is 110 cm³/mol. The summed E-state index contributed by atoms with van der Waals surface area (Å²) in [6.45, 7) is 1.96. The molecule has 1 aliphatic rings. The van der Waals surface area contributed by atoms with Crippen LogP contribution in [0.5, 0.6) is 5.75 Å². The second kappa shape index (κ2) is 7.26. The Morgan fingerprint density at radius 3 is 2.93 bits per heavy atom. The third-order valence-corrected chi connectivity index (χ3v) is 5.23. The number of piperidine rings is 1. The molecule has 4 aromatic rings. The molecule has 28 heavy (non-hydrogen) atoms. The molecule has 2 aromatic carbocycles. The van der Waals surface area contributed by atoms with Crippen molar-refractivity contribution in [2.45, 2.75) is 18.9 Å². The lowest BCUT2D eigenvalue weighted by molar-refractivity contribution is 0.164. The number of aromatic nitrogens is 4. The van der Waals surface area contributed by atoms with Gasteiger partial charge in [-0.05, 0) is 44.1 Å². The number of anilines is 2. The summed E-state index contributed by atoms with van der Waals surface area (Å²) >= 11 is 6.33.